The molecular formula is C11H18N2O2S. The van der Waals surface area contributed by atoms with Crippen LogP contribution >= 0.6 is 11.3 Å². The first-order valence-electron chi connectivity index (χ1n) is 5.60. The molecule has 1 fully saturated rings. The largest absolute Gasteiger partial charge is 0.375 e. The summed E-state index contributed by atoms with van der Waals surface area (Å²) in [7, 11) is 0. The fraction of sp³-hybridized carbons (Fsp3) is 0.727. The van der Waals surface area contributed by atoms with Crippen molar-refractivity contribution in [2.75, 3.05) is 5.73 Å². The van der Waals surface area contributed by atoms with Crippen LogP contribution in [0.3, 0.4) is 0 Å². The highest BCUT2D eigenvalue weighted by Gasteiger charge is 2.24. The molecule has 0 aromatic carbocycles. The number of anilines is 1. The van der Waals surface area contributed by atoms with E-state index in [1.807, 2.05) is 5.38 Å². The Hall–Kier alpha value is -0.650. The second-order valence-electron chi connectivity index (χ2n) is 4.34. The second-order valence-corrected chi connectivity index (χ2v) is 5.23. The first kappa shape index (κ1) is 11.8. The van der Waals surface area contributed by atoms with Gasteiger partial charge in [-0.15, -0.1) is 11.3 Å². The highest BCUT2D eigenvalue weighted by atomic mass is 32.1. The van der Waals surface area contributed by atoms with Gasteiger partial charge in [0.25, 0.3) is 0 Å². The molecule has 0 spiro atoms. The number of nitrogens with two attached hydrogens (primary N) is 1. The lowest BCUT2D eigenvalue weighted by Gasteiger charge is -2.31. The third-order valence-corrected chi connectivity index (χ3v) is 3.41. The number of hydrogen-bond donors (Lipinski definition) is 1. The maximum atomic E-state index is 5.83. The Balaban J connectivity index is 1.81. The molecule has 2 rings (SSSR count). The van der Waals surface area contributed by atoms with E-state index in [0.717, 1.165) is 18.5 Å². The van der Waals surface area contributed by atoms with Crippen LogP contribution in [-0.4, -0.2) is 23.3 Å². The number of nitrogens with zero attached hydrogens (tertiary/aromatic N) is 1. The number of aromatic nitrogens is 1. The van der Waals surface area contributed by atoms with Crippen molar-refractivity contribution in [2.24, 2.45) is 0 Å². The molecule has 0 bridgehead atoms. The van der Waals surface area contributed by atoms with Gasteiger partial charge in [0.05, 0.1) is 30.6 Å². The van der Waals surface area contributed by atoms with Crippen LogP contribution in [0.5, 0.6) is 0 Å². The van der Waals surface area contributed by atoms with Gasteiger partial charge in [-0.3, -0.25) is 0 Å². The van der Waals surface area contributed by atoms with E-state index in [1.54, 1.807) is 0 Å². The topological polar surface area (TPSA) is 57.4 Å². The Kier molecular flexibility index (Phi) is 3.78. The molecule has 0 aliphatic carbocycles. The molecule has 90 valence electrons. The monoisotopic (exact) mass is 242 g/mol. The van der Waals surface area contributed by atoms with Gasteiger partial charge in [-0.2, -0.15) is 0 Å². The molecule has 5 heteroatoms. The number of hydrogen-bond acceptors (Lipinski definition) is 5. The summed E-state index contributed by atoms with van der Waals surface area (Å²) in [5, 5.41) is 2.55. The maximum absolute atomic E-state index is 5.83. The first-order valence-corrected chi connectivity index (χ1v) is 6.48. The van der Waals surface area contributed by atoms with E-state index in [0.29, 0.717) is 11.7 Å². The Morgan fingerprint density at radius 2 is 2.19 bits per heavy atom. The van der Waals surface area contributed by atoms with E-state index >= 15 is 0 Å². The molecule has 2 heterocycles. The van der Waals surface area contributed by atoms with E-state index in [9.17, 15) is 0 Å². The summed E-state index contributed by atoms with van der Waals surface area (Å²) in [6, 6.07) is 0. The van der Waals surface area contributed by atoms with Gasteiger partial charge in [0.2, 0.25) is 0 Å². The summed E-state index contributed by atoms with van der Waals surface area (Å²) in [6.07, 6.45) is 2.78. The van der Waals surface area contributed by atoms with Crippen molar-refractivity contribution in [3.05, 3.63) is 11.1 Å². The smallest absolute Gasteiger partial charge is 0.180 e. The Morgan fingerprint density at radius 1 is 1.50 bits per heavy atom. The van der Waals surface area contributed by atoms with Crippen molar-refractivity contribution >= 4 is 16.5 Å². The number of thiazole rings is 1. The Bertz CT molecular complexity index is 332. The Morgan fingerprint density at radius 3 is 2.75 bits per heavy atom. The maximum Gasteiger partial charge on any atom is 0.180 e. The zero-order valence-corrected chi connectivity index (χ0v) is 10.5. The summed E-state index contributed by atoms with van der Waals surface area (Å²) in [5.41, 5.74) is 6.49. The lowest BCUT2D eigenvalue weighted by atomic mass is 10.0. The molecule has 2 atom stereocenters. The fourth-order valence-corrected chi connectivity index (χ4v) is 2.62. The SMILES string of the molecule is CC1CC(OCc2csc(N)n2)CC(C)O1. The standard InChI is InChI=1S/C11H18N2O2S/c1-7-3-10(4-8(2)15-7)14-5-9-6-16-11(12)13-9/h6-8,10H,3-5H2,1-2H3,(H2,12,13). The second kappa shape index (κ2) is 5.12. The zero-order chi connectivity index (χ0) is 11.5. The number of rotatable bonds is 3. The van der Waals surface area contributed by atoms with Crippen LogP contribution in [-0.2, 0) is 16.1 Å². The molecule has 1 aliphatic heterocycles. The first-order chi connectivity index (χ1) is 7.63. The highest BCUT2D eigenvalue weighted by molar-refractivity contribution is 7.13. The van der Waals surface area contributed by atoms with Crippen LogP contribution in [0, 0.1) is 0 Å². The van der Waals surface area contributed by atoms with Crippen molar-refractivity contribution in [3.8, 4) is 0 Å². The molecule has 2 unspecified atom stereocenters. The highest BCUT2D eigenvalue weighted by Crippen LogP contribution is 2.23. The summed E-state index contributed by atoms with van der Waals surface area (Å²) >= 11 is 1.45. The molecule has 1 saturated heterocycles. The lowest BCUT2D eigenvalue weighted by molar-refractivity contribution is -0.106. The van der Waals surface area contributed by atoms with E-state index < -0.39 is 0 Å². The van der Waals surface area contributed by atoms with Crippen LogP contribution in [0.25, 0.3) is 0 Å². The van der Waals surface area contributed by atoms with Crippen molar-refractivity contribution in [1.29, 1.82) is 0 Å². The average molecular weight is 242 g/mol. The van der Waals surface area contributed by atoms with Gasteiger partial charge < -0.3 is 15.2 Å². The van der Waals surface area contributed by atoms with Gasteiger partial charge in [0.1, 0.15) is 0 Å². The predicted octanol–water partition coefficient (Wildman–Crippen LogP) is 2.20. The van der Waals surface area contributed by atoms with Crippen LogP contribution in [0.4, 0.5) is 5.13 Å². The van der Waals surface area contributed by atoms with Gasteiger partial charge in [-0.25, -0.2) is 4.98 Å². The predicted molar refractivity (Wildman–Crippen MR) is 64.3 cm³/mol. The average Bonchev–Trinajstić information content (AvgIpc) is 2.60. The van der Waals surface area contributed by atoms with Crippen LogP contribution in [0.15, 0.2) is 5.38 Å². The molecule has 1 aromatic rings. The van der Waals surface area contributed by atoms with Gasteiger partial charge >= 0.3 is 0 Å². The molecule has 0 amide bonds. The van der Waals surface area contributed by atoms with Crippen molar-refractivity contribution in [1.82, 2.24) is 4.98 Å². The lowest BCUT2D eigenvalue weighted by Crippen LogP contribution is -2.34. The van der Waals surface area contributed by atoms with Crippen molar-refractivity contribution < 1.29 is 9.47 Å². The molecule has 0 radical (unpaired) electrons. The van der Waals surface area contributed by atoms with E-state index in [4.69, 9.17) is 15.2 Å². The molecule has 1 aliphatic rings. The van der Waals surface area contributed by atoms with Crippen molar-refractivity contribution in [2.45, 2.75) is 51.6 Å². The van der Waals surface area contributed by atoms with E-state index in [1.165, 1.54) is 11.3 Å². The molecule has 16 heavy (non-hydrogen) atoms. The van der Waals surface area contributed by atoms with Gasteiger partial charge in [-0.05, 0) is 26.7 Å². The molecular weight excluding hydrogens is 224 g/mol. The molecule has 4 nitrogen and oxygen atoms in total. The summed E-state index contributed by atoms with van der Waals surface area (Å²) in [6.45, 7) is 4.73. The van der Waals surface area contributed by atoms with Gasteiger partial charge in [0.15, 0.2) is 5.13 Å². The summed E-state index contributed by atoms with van der Waals surface area (Å²) in [5.74, 6) is 0. The third-order valence-electron chi connectivity index (χ3n) is 2.69. The molecule has 1 aromatic heterocycles. The molecule has 2 N–H and O–H groups in total. The Labute approximate surface area is 99.8 Å². The van der Waals surface area contributed by atoms with Crippen LogP contribution in [0.2, 0.25) is 0 Å². The van der Waals surface area contributed by atoms with E-state index in [-0.39, 0.29) is 18.3 Å². The fourth-order valence-electron chi connectivity index (χ4n) is 2.07. The van der Waals surface area contributed by atoms with Crippen molar-refractivity contribution in [3.63, 3.8) is 0 Å². The van der Waals surface area contributed by atoms with Gasteiger partial charge in [-0.1, -0.05) is 0 Å². The number of nitrogen functional groups attached to an aromatic ring is 1. The zero-order valence-electron chi connectivity index (χ0n) is 9.68. The normalized spacial score (nSPS) is 30.5. The quantitative estimate of drug-likeness (QED) is 0.882. The van der Waals surface area contributed by atoms with E-state index in [2.05, 4.69) is 18.8 Å². The van der Waals surface area contributed by atoms with Gasteiger partial charge in [0, 0.05) is 5.38 Å². The minimum absolute atomic E-state index is 0.279. The summed E-state index contributed by atoms with van der Waals surface area (Å²) in [4.78, 5) is 4.17. The van der Waals surface area contributed by atoms with Crippen LogP contribution < -0.4 is 5.73 Å². The third kappa shape index (κ3) is 3.17. The minimum atomic E-state index is 0.279. The molecule has 0 saturated carbocycles. The minimum Gasteiger partial charge on any atom is -0.375 e. The summed E-state index contributed by atoms with van der Waals surface area (Å²) < 4.78 is 11.5. The number of ether oxygens (including phenoxy) is 2. The van der Waals surface area contributed by atoms with Crippen LogP contribution in [0.1, 0.15) is 32.4 Å².